The lowest BCUT2D eigenvalue weighted by Crippen LogP contribution is -2.22. The van der Waals surface area contributed by atoms with Crippen LogP contribution in [0.25, 0.3) is 0 Å². The summed E-state index contributed by atoms with van der Waals surface area (Å²) < 4.78 is 0. The zero-order valence-electron chi connectivity index (χ0n) is 9.78. The molecule has 0 aliphatic rings. The molecular formula is C12H16N2O2. The molecule has 1 N–H and O–H groups in total. The molecule has 2 amide bonds. The van der Waals surface area contributed by atoms with Gasteiger partial charge >= 0.3 is 0 Å². The Morgan fingerprint density at radius 3 is 2.25 bits per heavy atom. The summed E-state index contributed by atoms with van der Waals surface area (Å²) in [4.78, 5) is 23.8. The number of carbonyl (C=O) groups excluding carboxylic acids is 2. The molecule has 0 bridgehead atoms. The zero-order valence-corrected chi connectivity index (χ0v) is 9.78. The largest absolute Gasteiger partial charge is 0.326 e. The highest BCUT2D eigenvalue weighted by Gasteiger charge is 2.05. The van der Waals surface area contributed by atoms with E-state index in [4.69, 9.17) is 0 Å². The molecule has 0 fully saturated rings. The summed E-state index contributed by atoms with van der Waals surface area (Å²) in [7, 11) is 1.71. The Morgan fingerprint density at radius 2 is 1.81 bits per heavy atom. The quantitative estimate of drug-likeness (QED) is 0.847. The van der Waals surface area contributed by atoms with Crippen molar-refractivity contribution >= 4 is 23.2 Å². The third kappa shape index (κ3) is 3.08. The molecular weight excluding hydrogens is 204 g/mol. The summed E-state index contributed by atoms with van der Waals surface area (Å²) in [5, 5.41) is 2.74. The summed E-state index contributed by atoms with van der Waals surface area (Å²) in [5.74, 6) is -0.0435. The van der Waals surface area contributed by atoms with Crippen molar-refractivity contribution in [2.45, 2.75) is 20.3 Å². The van der Waals surface area contributed by atoms with Crippen LogP contribution in [0.5, 0.6) is 0 Å². The number of nitrogens with one attached hydrogen (secondary N) is 1. The fourth-order valence-electron chi connectivity index (χ4n) is 1.20. The summed E-state index contributed by atoms with van der Waals surface area (Å²) in [5.41, 5.74) is 1.55. The number of amides is 2. The first-order chi connectivity index (χ1) is 7.54. The highest BCUT2D eigenvalue weighted by molar-refractivity contribution is 5.92. The van der Waals surface area contributed by atoms with Gasteiger partial charge in [-0.2, -0.15) is 0 Å². The van der Waals surface area contributed by atoms with Crippen LogP contribution in [0.4, 0.5) is 11.4 Å². The van der Waals surface area contributed by atoms with Gasteiger partial charge in [-0.1, -0.05) is 6.92 Å². The Balaban J connectivity index is 2.75. The molecule has 1 rings (SSSR count). The first kappa shape index (κ1) is 12.2. The molecule has 0 heterocycles. The van der Waals surface area contributed by atoms with Gasteiger partial charge in [0.2, 0.25) is 11.8 Å². The van der Waals surface area contributed by atoms with E-state index in [0.29, 0.717) is 6.42 Å². The van der Waals surface area contributed by atoms with Gasteiger partial charge in [0.25, 0.3) is 0 Å². The van der Waals surface area contributed by atoms with Crippen molar-refractivity contribution in [1.82, 2.24) is 0 Å². The number of rotatable bonds is 3. The predicted molar refractivity (Wildman–Crippen MR) is 64.4 cm³/mol. The van der Waals surface area contributed by atoms with Crippen molar-refractivity contribution in [3.8, 4) is 0 Å². The Hall–Kier alpha value is -1.84. The zero-order chi connectivity index (χ0) is 12.1. The minimum absolute atomic E-state index is 0.0207. The molecule has 86 valence electrons. The average molecular weight is 220 g/mol. The van der Waals surface area contributed by atoms with Crippen molar-refractivity contribution in [2.75, 3.05) is 17.3 Å². The van der Waals surface area contributed by atoms with Crippen LogP contribution in [0.1, 0.15) is 20.3 Å². The summed E-state index contributed by atoms with van der Waals surface area (Å²) in [6.45, 7) is 3.31. The number of hydrogen-bond acceptors (Lipinski definition) is 2. The van der Waals surface area contributed by atoms with Crippen LogP contribution in [-0.4, -0.2) is 18.9 Å². The Labute approximate surface area is 95.3 Å². The smallest absolute Gasteiger partial charge is 0.224 e. The van der Waals surface area contributed by atoms with E-state index in [1.807, 2.05) is 0 Å². The molecule has 0 aliphatic heterocycles. The molecule has 0 saturated carbocycles. The van der Waals surface area contributed by atoms with E-state index in [2.05, 4.69) is 5.32 Å². The monoisotopic (exact) mass is 220 g/mol. The van der Waals surface area contributed by atoms with Crippen molar-refractivity contribution in [3.05, 3.63) is 24.3 Å². The minimum Gasteiger partial charge on any atom is -0.326 e. The molecule has 4 nitrogen and oxygen atoms in total. The highest BCUT2D eigenvalue weighted by atomic mass is 16.2. The maximum absolute atomic E-state index is 11.1. The molecule has 0 unspecified atom stereocenters. The van der Waals surface area contributed by atoms with Crippen LogP contribution >= 0.6 is 0 Å². The van der Waals surface area contributed by atoms with Gasteiger partial charge in [0.1, 0.15) is 0 Å². The van der Waals surface area contributed by atoms with Crippen LogP contribution < -0.4 is 10.2 Å². The number of carbonyl (C=O) groups is 2. The van der Waals surface area contributed by atoms with E-state index in [9.17, 15) is 9.59 Å². The fourth-order valence-corrected chi connectivity index (χ4v) is 1.20. The third-order valence-electron chi connectivity index (χ3n) is 2.33. The Morgan fingerprint density at radius 1 is 1.25 bits per heavy atom. The molecule has 1 aromatic rings. The van der Waals surface area contributed by atoms with Crippen molar-refractivity contribution < 1.29 is 9.59 Å². The third-order valence-corrected chi connectivity index (χ3v) is 2.33. The lowest BCUT2D eigenvalue weighted by atomic mass is 10.2. The summed E-state index contributed by atoms with van der Waals surface area (Å²) in [6.07, 6.45) is 0.453. The first-order valence-electron chi connectivity index (χ1n) is 5.18. The Bertz CT molecular complexity index is 385. The predicted octanol–water partition coefficient (Wildman–Crippen LogP) is 2.02. The summed E-state index contributed by atoms with van der Waals surface area (Å²) >= 11 is 0. The van der Waals surface area contributed by atoms with Gasteiger partial charge in [0, 0.05) is 31.8 Å². The standard InChI is InChI=1S/C12H16N2O2/c1-4-12(16)13-10-5-7-11(8-6-10)14(3)9(2)15/h5-8H,4H2,1-3H3,(H,13,16). The maximum Gasteiger partial charge on any atom is 0.224 e. The lowest BCUT2D eigenvalue weighted by molar-refractivity contribution is -0.116. The minimum atomic E-state index is -0.0228. The highest BCUT2D eigenvalue weighted by Crippen LogP contribution is 2.16. The van der Waals surface area contributed by atoms with Crippen molar-refractivity contribution in [1.29, 1.82) is 0 Å². The fraction of sp³-hybridized carbons (Fsp3) is 0.333. The molecule has 1 aromatic carbocycles. The van der Waals surface area contributed by atoms with Crippen molar-refractivity contribution in [3.63, 3.8) is 0 Å². The van der Waals surface area contributed by atoms with Crippen LogP contribution in [0.2, 0.25) is 0 Å². The molecule has 0 aliphatic carbocycles. The van der Waals surface area contributed by atoms with Gasteiger partial charge in [-0.3, -0.25) is 9.59 Å². The number of benzene rings is 1. The molecule has 0 saturated heterocycles. The number of hydrogen-bond donors (Lipinski definition) is 1. The van der Waals surface area contributed by atoms with Crippen LogP contribution in [0.3, 0.4) is 0 Å². The summed E-state index contributed by atoms with van der Waals surface area (Å²) in [6, 6.07) is 7.16. The SMILES string of the molecule is CCC(=O)Nc1ccc(N(C)C(C)=O)cc1. The van der Waals surface area contributed by atoms with E-state index in [0.717, 1.165) is 11.4 Å². The van der Waals surface area contributed by atoms with Crippen LogP contribution in [0, 0.1) is 0 Å². The van der Waals surface area contributed by atoms with Gasteiger partial charge in [-0.05, 0) is 24.3 Å². The maximum atomic E-state index is 11.1. The van der Waals surface area contributed by atoms with Gasteiger partial charge in [-0.15, -0.1) is 0 Å². The second kappa shape index (κ2) is 5.30. The number of nitrogens with zero attached hydrogens (tertiary/aromatic N) is 1. The normalized spacial score (nSPS) is 9.69. The van der Waals surface area contributed by atoms with Gasteiger partial charge in [0.05, 0.1) is 0 Å². The molecule has 0 aromatic heterocycles. The van der Waals surface area contributed by atoms with E-state index < -0.39 is 0 Å². The molecule has 16 heavy (non-hydrogen) atoms. The van der Waals surface area contributed by atoms with Crippen LogP contribution in [0.15, 0.2) is 24.3 Å². The molecule has 0 radical (unpaired) electrons. The topological polar surface area (TPSA) is 49.4 Å². The second-order valence-corrected chi connectivity index (χ2v) is 3.53. The van der Waals surface area contributed by atoms with E-state index in [1.165, 1.54) is 6.92 Å². The van der Waals surface area contributed by atoms with E-state index in [1.54, 1.807) is 43.1 Å². The lowest BCUT2D eigenvalue weighted by Gasteiger charge is -2.15. The average Bonchev–Trinajstić information content (AvgIpc) is 2.28. The van der Waals surface area contributed by atoms with E-state index >= 15 is 0 Å². The van der Waals surface area contributed by atoms with Gasteiger partial charge in [0.15, 0.2) is 0 Å². The molecule has 4 heteroatoms. The second-order valence-electron chi connectivity index (χ2n) is 3.53. The number of anilines is 2. The van der Waals surface area contributed by atoms with Crippen LogP contribution in [-0.2, 0) is 9.59 Å². The first-order valence-corrected chi connectivity index (χ1v) is 5.18. The van der Waals surface area contributed by atoms with Crippen molar-refractivity contribution in [2.24, 2.45) is 0 Å². The Kier molecular flexibility index (Phi) is 4.05. The van der Waals surface area contributed by atoms with Gasteiger partial charge in [-0.25, -0.2) is 0 Å². The van der Waals surface area contributed by atoms with E-state index in [-0.39, 0.29) is 11.8 Å². The molecule has 0 spiro atoms. The molecule has 0 atom stereocenters. The van der Waals surface area contributed by atoms with Gasteiger partial charge < -0.3 is 10.2 Å².